The Kier molecular flexibility index (Phi) is 3.33. The Morgan fingerprint density at radius 1 is 1.28 bits per heavy atom. The zero-order chi connectivity index (χ0) is 13.3. The summed E-state index contributed by atoms with van der Waals surface area (Å²) in [5.41, 5.74) is 3.48. The van der Waals surface area contributed by atoms with E-state index in [4.69, 9.17) is 4.98 Å². The van der Waals surface area contributed by atoms with Crippen molar-refractivity contribution in [2.45, 2.75) is 53.0 Å². The Labute approximate surface area is 109 Å². The maximum absolute atomic E-state index is 4.73. The van der Waals surface area contributed by atoms with Gasteiger partial charge in [0.2, 0.25) is 0 Å². The number of hydrogen-bond acceptors (Lipinski definition) is 2. The minimum atomic E-state index is 0.0439. The lowest BCUT2D eigenvalue weighted by molar-refractivity contribution is 0.627. The first-order chi connectivity index (χ1) is 8.40. The normalized spacial score (nSPS) is 12.1. The molecule has 98 valence electrons. The van der Waals surface area contributed by atoms with E-state index in [1.165, 1.54) is 5.56 Å². The second-order valence-electron chi connectivity index (χ2n) is 5.97. The van der Waals surface area contributed by atoms with Crippen molar-refractivity contribution in [1.82, 2.24) is 9.38 Å². The largest absolute Gasteiger partial charge is 0.365 e. The van der Waals surface area contributed by atoms with Gasteiger partial charge in [0.1, 0.15) is 11.5 Å². The van der Waals surface area contributed by atoms with Gasteiger partial charge in [0.25, 0.3) is 0 Å². The summed E-state index contributed by atoms with van der Waals surface area (Å²) in [5.74, 6) is 1.14. The molecule has 0 bridgehead atoms. The van der Waals surface area contributed by atoms with E-state index in [9.17, 15) is 0 Å². The quantitative estimate of drug-likeness (QED) is 0.891. The summed E-state index contributed by atoms with van der Waals surface area (Å²) in [7, 11) is 0. The highest BCUT2D eigenvalue weighted by Gasteiger charge is 2.17. The Bertz CT molecular complexity index is 547. The molecule has 2 aromatic rings. The highest BCUT2D eigenvalue weighted by atomic mass is 15.2. The van der Waals surface area contributed by atoms with E-state index < -0.39 is 0 Å². The number of aromatic nitrogens is 2. The van der Waals surface area contributed by atoms with Crippen LogP contribution in [-0.2, 0) is 6.42 Å². The molecule has 3 heteroatoms. The summed E-state index contributed by atoms with van der Waals surface area (Å²) >= 11 is 0. The smallest absolute Gasteiger partial charge is 0.138 e. The SMILES string of the molecule is CCCc1nc2ccc(C)cn2c1NC(C)(C)C. The summed E-state index contributed by atoms with van der Waals surface area (Å²) in [6, 6.07) is 4.20. The third-order valence-electron chi connectivity index (χ3n) is 2.82. The summed E-state index contributed by atoms with van der Waals surface area (Å²) < 4.78 is 2.17. The Balaban J connectivity index is 2.57. The standard InChI is InChI=1S/C15H23N3/c1-6-7-12-14(17-15(3,4)5)18-10-11(2)8-9-13(18)16-12/h8-10,17H,6-7H2,1-5H3. The second-order valence-corrected chi connectivity index (χ2v) is 5.97. The summed E-state index contributed by atoms with van der Waals surface area (Å²) in [6.07, 6.45) is 4.27. The topological polar surface area (TPSA) is 29.3 Å². The molecule has 2 heterocycles. The first-order valence-corrected chi connectivity index (χ1v) is 6.66. The molecule has 3 nitrogen and oxygen atoms in total. The van der Waals surface area contributed by atoms with Crippen molar-refractivity contribution in [1.29, 1.82) is 0 Å². The van der Waals surface area contributed by atoms with Crippen molar-refractivity contribution in [3.63, 3.8) is 0 Å². The molecule has 1 N–H and O–H groups in total. The van der Waals surface area contributed by atoms with Crippen LogP contribution in [0.1, 0.15) is 45.4 Å². The monoisotopic (exact) mass is 245 g/mol. The molecule has 0 atom stereocenters. The van der Waals surface area contributed by atoms with Crippen LogP contribution in [0.25, 0.3) is 5.65 Å². The zero-order valence-corrected chi connectivity index (χ0v) is 12.0. The highest BCUT2D eigenvalue weighted by molar-refractivity contribution is 5.56. The van der Waals surface area contributed by atoms with Gasteiger partial charge in [-0.25, -0.2) is 4.98 Å². The van der Waals surface area contributed by atoms with Crippen LogP contribution in [0.5, 0.6) is 0 Å². The fraction of sp³-hybridized carbons (Fsp3) is 0.533. The van der Waals surface area contributed by atoms with E-state index in [1.807, 2.05) is 0 Å². The maximum atomic E-state index is 4.73. The maximum Gasteiger partial charge on any atom is 0.138 e. The Hall–Kier alpha value is -1.51. The predicted octanol–water partition coefficient (Wildman–Crippen LogP) is 3.81. The van der Waals surface area contributed by atoms with Crippen molar-refractivity contribution < 1.29 is 0 Å². The van der Waals surface area contributed by atoms with E-state index in [-0.39, 0.29) is 5.54 Å². The lowest BCUT2D eigenvalue weighted by Crippen LogP contribution is -2.27. The molecule has 0 amide bonds. The van der Waals surface area contributed by atoms with Crippen LogP contribution >= 0.6 is 0 Å². The highest BCUT2D eigenvalue weighted by Crippen LogP contribution is 2.23. The molecule has 0 unspecified atom stereocenters. The van der Waals surface area contributed by atoms with Crippen molar-refractivity contribution in [2.24, 2.45) is 0 Å². The van der Waals surface area contributed by atoms with Gasteiger partial charge in [-0.3, -0.25) is 4.40 Å². The van der Waals surface area contributed by atoms with Gasteiger partial charge in [0.15, 0.2) is 0 Å². The minimum Gasteiger partial charge on any atom is -0.365 e. The van der Waals surface area contributed by atoms with Crippen molar-refractivity contribution in [2.75, 3.05) is 5.32 Å². The molecular formula is C15H23N3. The van der Waals surface area contributed by atoms with E-state index in [0.29, 0.717) is 0 Å². The second kappa shape index (κ2) is 4.63. The van der Waals surface area contributed by atoms with Crippen LogP contribution in [0.3, 0.4) is 0 Å². The number of imidazole rings is 1. The molecule has 2 rings (SSSR count). The number of fused-ring (bicyclic) bond motifs is 1. The van der Waals surface area contributed by atoms with E-state index in [0.717, 1.165) is 30.0 Å². The number of hydrogen-bond donors (Lipinski definition) is 1. The molecule has 0 spiro atoms. The molecule has 0 aromatic carbocycles. The molecule has 0 saturated heterocycles. The van der Waals surface area contributed by atoms with Crippen molar-refractivity contribution in [3.8, 4) is 0 Å². The molecule has 2 aromatic heterocycles. The number of anilines is 1. The first-order valence-electron chi connectivity index (χ1n) is 6.66. The van der Waals surface area contributed by atoms with Gasteiger partial charge in [0, 0.05) is 11.7 Å². The van der Waals surface area contributed by atoms with Crippen molar-refractivity contribution in [3.05, 3.63) is 29.6 Å². The minimum absolute atomic E-state index is 0.0439. The number of nitrogens with one attached hydrogen (secondary N) is 1. The Morgan fingerprint density at radius 2 is 2.00 bits per heavy atom. The van der Waals surface area contributed by atoms with Crippen LogP contribution in [-0.4, -0.2) is 14.9 Å². The van der Waals surface area contributed by atoms with E-state index in [1.54, 1.807) is 0 Å². The molecule has 18 heavy (non-hydrogen) atoms. The van der Waals surface area contributed by atoms with Crippen LogP contribution in [0.4, 0.5) is 5.82 Å². The molecule has 0 radical (unpaired) electrons. The third kappa shape index (κ3) is 2.66. The molecule has 0 aliphatic heterocycles. The summed E-state index contributed by atoms with van der Waals surface area (Å²) in [5, 5.41) is 3.59. The van der Waals surface area contributed by atoms with Crippen LogP contribution in [0.2, 0.25) is 0 Å². The van der Waals surface area contributed by atoms with Gasteiger partial charge >= 0.3 is 0 Å². The van der Waals surface area contributed by atoms with Gasteiger partial charge in [-0.15, -0.1) is 0 Å². The summed E-state index contributed by atoms with van der Waals surface area (Å²) in [4.78, 5) is 4.73. The Morgan fingerprint density at radius 3 is 2.61 bits per heavy atom. The zero-order valence-electron chi connectivity index (χ0n) is 12.0. The fourth-order valence-electron chi connectivity index (χ4n) is 2.10. The lowest BCUT2D eigenvalue weighted by Gasteiger charge is -2.22. The van der Waals surface area contributed by atoms with Crippen LogP contribution < -0.4 is 5.32 Å². The lowest BCUT2D eigenvalue weighted by atomic mass is 10.1. The van der Waals surface area contributed by atoms with Crippen LogP contribution in [0, 0.1) is 6.92 Å². The van der Waals surface area contributed by atoms with Crippen molar-refractivity contribution >= 4 is 11.5 Å². The van der Waals surface area contributed by atoms with Gasteiger partial charge in [-0.05, 0) is 45.7 Å². The molecular weight excluding hydrogens is 222 g/mol. The van der Waals surface area contributed by atoms with E-state index in [2.05, 4.69) is 62.7 Å². The van der Waals surface area contributed by atoms with Crippen LogP contribution in [0.15, 0.2) is 18.3 Å². The molecule has 0 aliphatic rings. The molecule has 0 fully saturated rings. The van der Waals surface area contributed by atoms with Gasteiger partial charge in [-0.1, -0.05) is 19.4 Å². The fourth-order valence-corrected chi connectivity index (χ4v) is 2.10. The predicted molar refractivity (Wildman–Crippen MR) is 77.3 cm³/mol. The summed E-state index contributed by atoms with van der Waals surface area (Å²) in [6.45, 7) is 10.8. The van der Waals surface area contributed by atoms with Gasteiger partial charge in [0.05, 0.1) is 5.69 Å². The van der Waals surface area contributed by atoms with Gasteiger partial charge in [-0.2, -0.15) is 0 Å². The average molecular weight is 245 g/mol. The molecule has 0 saturated carbocycles. The number of aryl methyl sites for hydroxylation is 2. The number of nitrogens with zero attached hydrogens (tertiary/aromatic N) is 2. The third-order valence-corrected chi connectivity index (χ3v) is 2.82. The van der Waals surface area contributed by atoms with E-state index >= 15 is 0 Å². The number of pyridine rings is 1. The van der Waals surface area contributed by atoms with Gasteiger partial charge < -0.3 is 5.32 Å². The molecule has 0 aliphatic carbocycles. The first kappa shape index (κ1) is 12.9. The average Bonchev–Trinajstić information content (AvgIpc) is 2.56. The number of rotatable bonds is 3.